The zero-order valence-corrected chi connectivity index (χ0v) is 13.5. The van der Waals surface area contributed by atoms with Crippen LogP contribution in [0.4, 0.5) is 0 Å². The number of rotatable bonds is 6. The van der Waals surface area contributed by atoms with Crippen LogP contribution in [0.5, 0.6) is 0 Å². The Bertz CT molecular complexity index is 295. The first kappa shape index (κ1) is 14.8. The van der Waals surface area contributed by atoms with Crippen molar-refractivity contribution in [1.29, 1.82) is 0 Å². The van der Waals surface area contributed by atoms with Gasteiger partial charge in [0.25, 0.3) is 0 Å². The van der Waals surface area contributed by atoms with Gasteiger partial charge in [0.05, 0.1) is 0 Å². The second-order valence-corrected chi connectivity index (χ2v) is 7.54. The lowest BCUT2D eigenvalue weighted by Gasteiger charge is -2.30. The SMILES string of the molecule is CC1CCN(CCCNC2CC(C)N(C3CC3)C2)CC1. The molecule has 3 aliphatic rings. The van der Waals surface area contributed by atoms with Crippen LogP contribution in [0.1, 0.15) is 52.4 Å². The Hall–Kier alpha value is -0.120. The fourth-order valence-corrected chi connectivity index (χ4v) is 4.01. The largest absolute Gasteiger partial charge is 0.313 e. The summed E-state index contributed by atoms with van der Waals surface area (Å²) in [5, 5.41) is 3.80. The van der Waals surface area contributed by atoms with E-state index in [4.69, 9.17) is 0 Å². The molecule has 0 aromatic carbocycles. The molecule has 0 spiro atoms. The van der Waals surface area contributed by atoms with Crippen LogP contribution < -0.4 is 5.32 Å². The summed E-state index contributed by atoms with van der Waals surface area (Å²) in [7, 11) is 0. The Morgan fingerprint density at radius 1 is 1.05 bits per heavy atom. The molecule has 0 radical (unpaired) electrons. The van der Waals surface area contributed by atoms with Crippen LogP contribution in [0.15, 0.2) is 0 Å². The summed E-state index contributed by atoms with van der Waals surface area (Å²) in [6, 6.07) is 2.50. The van der Waals surface area contributed by atoms with E-state index in [1.54, 1.807) is 0 Å². The zero-order chi connectivity index (χ0) is 13.9. The van der Waals surface area contributed by atoms with Crippen molar-refractivity contribution < 1.29 is 0 Å². The summed E-state index contributed by atoms with van der Waals surface area (Å²) in [6.45, 7) is 11.3. The molecule has 2 heterocycles. The maximum Gasteiger partial charge on any atom is 0.0210 e. The molecule has 3 heteroatoms. The molecule has 1 N–H and O–H groups in total. The normalized spacial score (nSPS) is 33.9. The minimum absolute atomic E-state index is 0.756. The van der Waals surface area contributed by atoms with Gasteiger partial charge in [-0.05, 0) is 77.5 Å². The highest BCUT2D eigenvalue weighted by Gasteiger charge is 2.38. The topological polar surface area (TPSA) is 18.5 Å². The van der Waals surface area contributed by atoms with Crippen molar-refractivity contribution >= 4 is 0 Å². The van der Waals surface area contributed by atoms with Gasteiger partial charge in [-0.1, -0.05) is 6.92 Å². The molecule has 0 bridgehead atoms. The van der Waals surface area contributed by atoms with Gasteiger partial charge in [0, 0.05) is 24.7 Å². The van der Waals surface area contributed by atoms with Crippen LogP contribution >= 0.6 is 0 Å². The van der Waals surface area contributed by atoms with Gasteiger partial charge in [0.2, 0.25) is 0 Å². The summed E-state index contributed by atoms with van der Waals surface area (Å²) in [5.41, 5.74) is 0. The van der Waals surface area contributed by atoms with Crippen molar-refractivity contribution in [3.8, 4) is 0 Å². The third-order valence-corrected chi connectivity index (χ3v) is 5.60. The maximum absolute atomic E-state index is 3.80. The summed E-state index contributed by atoms with van der Waals surface area (Å²) < 4.78 is 0. The zero-order valence-electron chi connectivity index (χ0n) is 13.5. The minimum Gasteiger partial charge on any atom is -0.313 e. The monoisotopic (exact) mass is 279 g/mol. The van der Waals surface area contributed by atoms with Crippen molar-refractivity contribution in [2.45, 2.75) is 70.5 Å². The van der Waals surface area contributed by atoms with E-state index in [2.05, 4.69) is 29.0 Å². The molecule has 2 aliphatic heterocycles. The van der Waals surface area contributed by atoms with Gasteiger partial charge >= 0.3 is 0 Å². The number of nitrogens with zero attached hydrogens (tertiary/aromatic N) is 2. The molecule has 1 saturated carbocycles. The number of likely N-dealkylation sites (tertiary alicyclic amines) is 2. The van der Waals surface area contributed by atoms with E-state index in [1.807, 2.05) is 0 Å². The molecule has 116 valence electrons. The van der Waals surface area contributed by atoms with E-state index in [0.717, 1.165) is 24.0 Å². The van der Waals surface area contributed by atoms with Crippen LogP contribution in [-0.4, -0.2) is 60.6 Å². The first-order valence-corrected chi connectivity index (χ1v) is 8.94. The molecule has 1 aliphatic carbocycles. The van der Waals surface area contributed by atoms with E-state index < -0.39 is 0 Å². The lowest BCUT2D eigenvalue weighted by Crippen LogP contribution is -2.37. The van der Waals surface area contributed by atoms with Crippen LogP contribution in [0.2, 0.25) is 0 Å². The minimum atomic E-state index is 0.756. The van der Waals surface area contributed by atoms with E-state index in [9.17, 15) is 0 Å². The van der Waals surface area contributed by atoms with Crippen LogP contribution in [-0.2, 0) is 0 Å². The fraction of sp³-hybridized carbons (Fsp3) is 1.00. The molecule has 2 unspecified atom stereocenters. The third-order valence-electron chi connectivity index (χ3n) is 5.60. The van der Waals surface area contributed by atoms with Crippen molar-refractivity contribution in [2.75, 3.05) is 32.7 Å². The average Bonchev–Trinajstić information content (AvgIpc) is 3.21. The van der Waals surface area contributed by atoms with Crippen molar-refractivity contribution in [3.63, 3.8) is 0 Å². The standard InChI is InChI=1S/C17H33N3/c1-14-6-10-19(11-7-14)9-3-8-18-16-12-15(2)20(13-16)17-4-5-17/h14-18H,3-13H2,1-2H3. The molecule has 2 atom stereocenters. The summed E-state index contributed by atoms with van der Waals surface area (Å²) in [5.74, 6) is 0.956. The summed E-state index contributed by atoms with van der Waals surface area (Å²) in [6.07, 6.45) is 8.39. The smallest absolute Gasteiger partial charge is 0.0210 e. The molecule has 0 aromatic heterocycles. The van der Waals surface area contributed by atoms with Crippen LogP contribution in [0.25, 0.3) is 0 Å². The number of hydrogen-bond acceptors (Lipinski definition) is 3. The molecular formula is C17H33N3. The highest BCUT2D eigenvalue weighted by molar-refractivity contribution is 4.95. The lowest BCUT2D eigenvalue weighted by atomic mass is 9.99. The second kappa shape index (κ2) is 6.76. The third kappa shape index (κ3) is 3.96. The maximum atomic E-state index is 3.80. The van der Waals surface area contributed by atoms with Gasteiger partial charge in [0.15, 0.2) is 0 Å². The van der Waals surface area contributed by atoms with E-state index in [0.29, 0.717) is 0 Å². The number of hydrogen-bond donors (Lipinski definition) is 1. The molecule has 3 rings (SSSR count). The first-order chi connectivity index (χ1) is 9.72. The highest BCUT2D eigenvalue weighted by atomic mass is 15.3. The number of piperidine rings is 1. The van der Waals surface area contributed by atoms with Crippen molar-refractivity contribution in [3.05, 3.63) is 0 Å². The van der Waals surface area contributed by atoms with Crippen molar-refractivity contribution in [1.82, 2.24) is 15.1 Å². The number of nitrogens with one attached hydrogen (secondary N) is 1. The first-order valence-electron chi connectivity index (χ1n) is 8.94. The Labute approximate surface area is 125 Å². The van der Waals surface area contributed by atoms with Gasteiger partial charge in [-0.15, -0.1) is 0 Å². The van der Waals surface area contributed by atoms with Gasteiger partial charge in [-0.3, -0.25) is 4.90 Å². The quantitative estimate of drug-likeness (QED) is 0.753. The van der Waals surface area contributed by atoms with Crippen LogP contribution in [0, 0.1) is 5.92 Å². The Kier molecular flexibility index (Phi) is 5.00. The molecule has 3 nitrogen and oxygen atoms in total. The van der Waals surface area contributed by atoms with Gasteiger partial charge < -0.3 is 10.2 Å². The van der Waals surface area contributed by atoms with E-state index in [1.165, 1.54) is 71.2 Å². The molecule has 0 aromatic rings. The van der Waals surface area contributed by atoms with Crippen LogP contribution in [0.3, 0.4) is 0 Å². The Morgan fingerprint density at radius 2 is 1.80 bits per heavy atom. The molecule has 2 saturated heterocycles. The molecular weight excluding hydrogens is 246 g/mol. The molecule has 0 amide bonds. The Morgan fingerprint density at radius 3 is 2.50 bits per heavy atom. The van der Waals surface area contributed by atoms with Gasteiger partial charge in [-0.25, -0.2) is 0 Å². The average molecular weight is 279 g/mol. The lowest BCUT2D eigenvalue weighted by molar-refractivity contribution is 0.189. The summed E-state index contributed by atoms with van der Waals surface area (Å²) in [4.78, 5) is 5.40. The fourth-order valence-electron chi connectivity index (χ4n) is 4.01. The molecule has 20 heavy (non-hydrogen) atoms. The highest BCUT2D eigenvalue weighted by Crippen LogP contribution is 2.33. The van der Waals surface area contributed by atoms with E-state index in [-0.39, 0.29) is 0 Å². The predicted octanol–water partition coefficient (Wildman–Crippen LogP) is 2.32. The van der Waals surface area contributed by atoms with Gasteiger partial charge in [0.1, 0.15) is 0 Å². The molecule has 3 fully saturated rings. The Balaban J connectivity index is 1.27. The second-order valence-electron chi connectivity index (χ2n) is 7.54. The van der Waals surface area contributed by atoms with Gasteiger partial charge in [-0.2, -0.15) is 0 Å². The van der Waals surface area contributed by atoms with E-state index >= 15 is 0 Å². The predicted molar refractivity (Wildman–Crippen MR) is 85.1 cm³/mol. The summed E-state index contributed by atoms with van der Waals surface area (Å²) >= 11 is 0. The van der Waals surface area contributed by atoms with Crippen molar-refractivity contribution in [2.24, 2.45) is 5.92 Å².